The van der Waals surface area contributed by atoms with Gasteiger partial charge >= 0.3 is 0 Å². The molecule has 1 atom stereocenters. The Hall–Kier alpha value is -1.49. The Morgan fingerprint density at radius 1 is 1.09 bits per heavy atom. The minimum absolute atomic E-state index is 0.329. The third-order valence-corrected chi connectivity index (χ3v) is 4.18. The Labute approximate surface area is 144 Å². The zero-order valence-electron chi connectivity index (χ0n) is 11.5. The second-order valence-corrected chi connectivity index (χ2v) is 6.12. The van der Waals surface area contributed by atoms with Crippen molar-refractivity contribution in [2.24, 2.45) is 10.1 Å². The van der Waals surface area contributed by atoms with Gasteiger partial charge in [-0.1, -0.05) is 53.5 Å². The highest BCUT2D eigenvalue weighted by molar-refractivity contribution is 7.80. The third kappa shape index (κ3) is 3.46. The molecule has 0 saturated heterocycles. The number of thiol groups is 1. The van der Waals surface area contributed by atoms with E-state index in [9.17, 15) is 0 Å². The molecular weight excluding hydrogens is 337 g/mol. The standard InChI is InChI=1S/C16H13Cl2N3S/c17-12-5-3-4-11(8-12)10-21-16(22)19-9-15(20-21)13-6-1-2-7-14(13)18/h1-9,16,22H,10H2. The van der Waals surface area contributed by atoms with Crippen LogP contribution in [0.1, 0.15) is 11.1 Å². The van der Waals surface area contributed by atoms with Crippen LogP contribution >= 0.6 is 35.8 Å². The average molecular weight is 350 g/mol. The van der Waals surface area contributed by atoms with Gasteiger partial charge in [-0.15, -0.1) is 12.6 Å². The summed E-state index contributed by atoms with van der Waals surface area (Å²) in [5, 5.41) is 7.76. The molecule has 6 heteroatoms. The molecule has 22 heavy (non-hydrogen) atoms. The summed E-state index contributed by atoms with van der Waals surface area (Å²) in [6, 6.07) is 15.2. The van der Waals surface area contributed by atoms with E-state index in [2.05, 4.69) is 22.7 Å². The molecule has 3 rings (SSSR count). The number of benzene rings is 2. The summed E-state index contributed by atoms with van der Waals surface area (Å²) in [6.07, 6.45) is 1.70. The summed E-state index contributed by atoms with van der Waals surface area (Å²) >= 11 is 16.7. The van der Waals surface area contributed by atoms with Crippen LogP contribution in [0.4, 0.5) is 0 Å². The molecule has 112 valence electrons. The maximum absolute atomic E-state index is 6.23. The predicted molar refractivity (Wildman–Crippen MR) is 96.2 cm³/mol. The first-order valence-corrected chi connectivity index (χ1v) is 7.96. The third-order valence-electron chi connectivity index (χ3n) is 3.22. The molecule has 0 aromatic heterocycles. The fraction of sp³-hybridized carbons (Fsp3) is 0.125. The second kappa shape index (κ2) is 6.73. The van der Waals surface area contributed by atoms with E-state index < -0.39 is 0 Å². The molecule has 1 aliphatic rings. The van der Waals surface area contributed by atoms with Crippen molar-refractivity contribution in [3.63, 3.8) is 0 Å². The van der Waals surface area contributed by atoms with Crippen molar-refractivity contribution in [3.05, 3.63) is 69.7 Å². The lowest BCUT2D eigenvalue weighted by atomic mass is 10.1. The Morgan fingerprint density at radius 2 is 1.91 bits per heavy atom. The van der Waals surface area contributed by atoms with Gasteiger partial charge in [-0.3, -0.25) is 10.0 Å². The number of rotatable bonds is 3. The normalized spacial score (nSPS) is 17.5. The van der Waals surface area contributed by atoms with E-state index in [-0.39, 0.29) is 5.50 Å². The Balaban J connectivity index is 1.88. The van der Waals surface area contributed by atoms with Crippen molar-refractivity contribution in [1.29, 1.82) is 0 Å². The van der Waals surface area contributed by atoms with E-state index >= 15 is 0 Å². The number of aliphatic imine (C=N–C) groups is 1. The molecule has 2 aromatic carbocycles. The fourth-order valence-corrected chi connectivity index (χ4v) is 2.81. The highest BCUT2D eigenvalue weighted by atomic mass is 35.5. The monoisotopic (exact) mass is 349 g/mol. The first-order valence-electron chi connectivity index (χ1n) is 6.69. The van der Waals surface area contributed by atoms with Crippen molar-refractivity contribution in [3.8, 4) is 0 Å². The van der Waals surface area contributed by atoms with Crippen LogP contribution in [0.5, 0.6) is 0 Å². The molecule has 1 heterocycles. The van der Waals surface area contributed by atoms with E-state index in [1.165, 1.54) is 0 Å². The molecule has 0 spiro atoms. The maximum Gasteiger partial charge on any atom is 0.181 e. The van der Waals surface area contributed by atoms with Gasteiger partial charge in [0.2, 0.25) is 0 Å². The highest BCUT2D eigenvalue weighted by Crippen LogP contribution is 2.22. The quantitative estimate of drug-likeness (QED) is 0.812. The zero-order valence-corrected chi connectivity index (χ0v) is 13.9. The smallest absolute Gasteiger partial charge is 0.181 e. The van der Waals surface area contributed by atoms with Crippen LogP contribution in [0.25, 0.3) is 0 Å². The summed E-state index contributed by atoms with van der Waals surface area (Å²) in [7, 11) is 0. The van der Waals surface area contributed by atoms with Crippen molar-refractivity contribution in [2.75, 3.05) is 0 Å². The van der Waals surface area contributed by atoms with E-state index in [4.69, 9.17) is 23.2 Å². The zero-order chi connectivity index (χ0) is 15.5. The van der Waals surface area contributed by atoms with Crippen LogP contribution in [0, 0.1) is 0 Å². The summed E-state index contributed by atoms with van der Waals surface area (Å²) in [4.78, 5) is 4.37. The van der Waals surface area contributed by atoms with Gasteiger partial charge in [-0.2, -0.15) is 5.10 Å². The molecule has 2 aromatic rings. The SMILES string of the molecule is SC1N=CC(c2ccccc2Cl)=NN1Cc1cccc(Cl)c1. The molecule has 3 nitrogen and oxygen atoms in total. The number of nitrogens with zero attached hydrogens (tertiary/aromatic N) is 3. The predicted octanol–water partition coefficient (Wildman–Crippen LogP) is 4.50. The minimum Gasteiger partial charge on any atom is -0.258 e. The molecular formula is C16H13Cl2N3S. The summed E-state index contributed by atoms with van der Waals surface area (Å²) < 4.78 is 0. The van der Waals surface area contributed by atoms with Crippen LogP contribution in [0.2, 0.25) is 10.0 Å². The fourth-order valence-electron chi connectivity index (χ4n) is 2.16. The molecule has 0 radical (unpaired) electrons. The molecule has 0 N–H and O–H groups in total. The number of hydrogen-bond acceptors (Lipinski definition) is 4. The largest absolute Gasteiger partial charge is 0.258 e. The molecule has 1 unspecified atom stereocenters. The minimum atomic E-state index is -0.329. The lowest BCUT2D eigenvalue weighted by Crippen LogP contribution is -2.30. The van der Waals surface area contributed by atoms with Crippen molar-refractivity contribution < 1.29 is 0 Å². The van der Waals surface area contributed by atoms with Gasteiger partial charge in [0, 0.05) is 10.6 Å². The van der Waals surface area contributed by atoms with Gasteiger partial charge in [0.1, 0.15) is 5.71 Å². The van der Waals surface area contributed by atoms with Crippen molar-refractivity contribution in [2.45, 2.75) is 12.0 Å². The first kappa shape index (κ1) is 15.4. The summed E-state index contributed by atoms with van der Waals surface area (Å²) in [5.41, 5.74) is 2.29. The van der Waals surface area contributed by atoms with Gasteiger partial charge in [0.25, 0.3) is 0 Å². The van der Waals surface area contributed by atoms with Crippen LogP contribution in [-0.4, -0.2) is 22.4 Å². The molecule has 0 fully saturated rings. The van der Waals surface area contributed by atoms with Crippen molar-refractivity contribution in [1.82, 2.24) is 5.01 Å². The first-order chi connectivity index (χ1) is 10.6. The molecule has 0 amide bonds. The summed E-state index contributed by atoms with van der Waals surface area (Å²) in [6.45, 7) is 0.569. The van der Waals surface area contributed by atoms with Crippen molar-refractivity contribution >= 4 is 47.8 Å². The van der Waals surface area contributed by atoms with E-state index in [1.807, 2.05) is 48.5 Å². The molecule has 0 bridgehead atoms. The molecule has 0 aliphatic carbocycles. The average Bonchev–Trinajstić information content (AvgIpc) is 2.50. The Kier molecular flexibility index (Phi) is 4.71. The number of halogens is 2. The van der Waals surface area contributed by atoms with Gasteiger partial charge in [-0.05, 0) is 23.8 Å². The van der Waals surface area contributed by atoms with Crippen LogP contribution in [-0.2, 0) is 6.54 Å². The summed E-state index contributed by atoms with van der Waals surface area (Å²) in [5.74, 6) is 0. The molecule has 0 saturated carbocycles. The Morgan fingerprint density at radius 3 is 2.68 bits per heavy atom. The van der Waals surface area contributed by atoms with Gasteiger partial charge in [-0.25, -0.2) is 0 Å². The lowest BCUT2D eigenvalue weighted by molar-refractivity contribution is 0.265. The highest BCUT2D eigenvalue weighted by Gasteiger charge is 2.18. The number of hydrazone groups is 1. The van der Waals surface area contributed by atoms with E-state index in [1.54, 1.807) is 11.2 Å². The topological polar surface area (TPSA) is 28.0 Å². The van der Waals surface area contributed by atoms with Crippen LogP contribution in [0.15, 0.2) is 58.6 Å². The van der Waals surface area contributed by atoms with Gasteiger partial charge < -0.3 is 0 Å². The van der Waals surface area contributed by atoms with Gasteiger partial charge in [0.15, 0.2) is 5.50 Å². The van der Waals surface area contributed by atoms with Gasteiger partial charge in [0.05, 0.1) is 17.8 Å². The number of hydrogen-bond donors (Lipinski definition) is 1. The van der Waals surface area contributed by atoms with E-state index in [0.717, 1.165) is 16.8 Å². The molecule has 1 aliphatic heterocycles. The Bertz CT molecular complexity index is 746. The van der Waals surface area contributed by atoms with E-state index in [0.29, 0.717) is 16.6 Å². The van der Waals surface area contributed by atoms with Crippen LogP contribution in [0.3, 0.4) is 0 Å². The second-order valence-electron chi connectivity index (χ2n) is 4.82. The van der Waals surface area contributed by atoms with Crippen LogP contribution < -0.4 is 0 Å². The maximum atomic E-state index is 6.23. The lowest BCUT2D eigenvalue weighted by Gasteiger charge is -2.26.